The quantitative estimate of drug-likeness (QED) is 0.208. The third kappa shape index (κ3) is 6.95. The molecule has 0 saturated heterocycles. The van der Waals surface area contributed by atoms with Crippen molar-refractivity contribution in [3.05, 3.63) is 110 Å². The van der Waals surface area contributed by atoms with E-state index in [1.165, 1.54) is 4.88 Å². The number of nitriles is 1. The van der Waals surface area contributed by atoms with Gasteiger partial charge >= 0.3 is 0 Å². The van der Waals surface area contributed by atoms with Gasteiger partial charge in [-0.25, -0.2) is 4.99 Å². The number of rotatable bonds is 7. The van der Waals surface area contributed by atoms with Gasteiger partial charge < -0.3 is 10.1 Å². The van der Waals surface area contributed by atoms with Gasteiger partial charge in [0.05, 0.1) is 21.7 Å². The Morgan fingerprint density at radius 3 is 2.59 bits per heavy atom. The van der Waals surface area contributed by atoms with Gasteiger partial charge in [-0.1, -0.05) is 51.1 Å². The molecule has 1 aliphatic carbocycles. The molecule has 0 aliphatic heterocycles. The predicted molar refractivity (Wildman–Crippen MR) is 171 cm³/mol. The SMILES string of the molecule is CC(C)(C)[C@H]1CCc2c(sc(N=Cc3ccc(OCc4ccc(C#N)cc4)c(Br)c3)c2C(=O)Nc2ccccc2)C1. The molecule has 1 aliphatic rings. The zero-order valence-electron chi connectivity index (χ0n) is 23.4. The van der Waals surface area contributed by atoms with Gasteiger partial charge in [-0.2, -0.15) is 5.26 Å². The fourth-order valence-corrected chi connectivity index (χ4v) is 6.81. The summed E-state index contributed by atoms with van der Waals surface area (Å²) >= 11 is 5.27. The lowest BCUT2D eigenvalue weighted by Crippen LogP contribution is -2.27. The fourth-order valence-electron chi connectivity index (χ4n) is 5.04. The number of carbonyl (C=O) groups is 1. The summed E-state index contributed by atoms with van der Waals surface area (Å²) in [5.41, 5.74) is 5.33. The number of nitrogens with one attached hydrogen (secondary N) is 1. The van der Waals surface area contributed by atoms with Crippen LogP contribution in [-0.4, -0.2) is 12.1 Å². The molecule has 0 fully saturated rings. The van der Waals surface area contributed by atoms with Gasteiger partial charge in [0, 0.05) is 16.8 Å². The molecule has 1 N–H and O–H groups in total. The zero-order valence-corrected chi connectivity index (χ0v) is 25.8. The van der Waals surface area contributed by atoms with Crippen LogP contribution in [0.4, 0.5) is 10.7 Å². The van der Waals surface area contributed by atoms with Crippen molar-refractivity contribution in [3.8, 4) is 11.8 Å². The maximum Gasteiger partial charge on any atom is 0.259 e. The Morgan fingerprint density at radius 1 is 1.15 bits per heavy atom. The van der Waals surface area contributed by atoms with Crippen LogP contribution in [0.25, 0.3) is 0 Å². The number of nitrogens with zero attached hydrogens (tertiary/aromatic N) is 2. The first-order valence-corrected chi connectivity index (χ1v) is 15.3. The summed E-state index contributed by atoms with van der Waals surface area (Å²) in [6.07, 6.45) is 4.74. The van der Waals surface area contributed by atoms with E-state index in [1.54, 1.807) is 23.5 Å². The lowest BCUT2D eigenvalue weighted by Gasteiger charge is -2.33. The Kier molecular flexibility index (Phi) is 8.72. The molecule has 0 radical (unpaired) electrons. The van der Waals surface area contributed by atoms with Gasteiger partial charge in [0.25, 0.3) is 5.91 Å². The van der Waals surface area contributed by atoms with Crippen molar-refractivity contribution in [3.63, 3.8) is 0 Å². The van der Waals surface area contributed by atoms with Gasteiger partial charge in [0.2, 0.25) is 0 Å². The topological polar surface area (TPSA) is 74.5 Å². The van der Waals surface area contributed by atoms with Crippen LogP contribution in [0.5, 0.6) is 5.75 Å². The molecule has 4 aromatic rings. The zero-order chi connectivity index (χ0) is 29.0. The number of fused-ring (bicyclic) bond motifs is 1. The van der Waals surface area contributed by atoms with Crippen molar-refractivity contribution >= 4 is 50.1 Å². The fraction of sp³-hybridized carbons (Fsp3) is 0.265. The van der Waals surface area contributed by atoms with E-state index in [4.69, 9.17) is 15.0 Å². The van der Waals surface area contributed by atoms with Crippen molar-refractivity contribution < 1.29 is 9.53 Å². The van der Waals surface area contributed by atoms with E-state index in [0.717, 1.165) is 51.1 Å². The number of para-hydroxylation sites is 1. The van der Waals surface area contributed by atoms with E-state index >= 15 is 0 Å². The van der Waals surface area contributed by atoms with E-state index in [9.17, 15) is 4.79 Å². The van der Waals surface area contributed by atoms with Gasteiger partial charge in [-0.05, 0) is 106 Å². The highest BCUT2D eigenvalue weighted by Crippen LogP contribution is 2.45. The first kappa shape index (κ1) is 28.8. The molecule has 7 heteroatoms. The first-order valence-electron chi connectivity index (χ1n) is 13.7. The van der Waals surface area contributed by atoms with Crippen LogP contribution >= 0.6 is 27.3 Å². The highest BCUT2D eigenvalue weighted by atomic mass is 79.9. The second-order valence-corrected chi connectivity index (χ2v) is 13.3. The van der Waals surface area contributed by atoms with Gasteiger partial charge in [0.15, 0.2) is 0 Å². The van der Waals surface area contributed by atoms with Crippen LogP contribution in [-0.2, 0) is 19.4 Å². The second kappa shape index (κ2) is 12.4. The Bertz CT molecular complexity index is 1610. The van der Waals surface area contributed by atoms with E-state index in [2.05, 4.69) is 48.1 Å². The summed E-state index contributed by atoms with van der Waals surface area (Å²) in [5, 5.41) is 12.8. The Balaban J connectivity index is 1.37. The van der Waals surface area contributed by atoms with Crippen molar-refractivity contribution in [2.45, 2.75) is 46.6 Å². The summed E-state index contributed by atoms with van der Waals surface area (Å²) in [7, 11) is 0. The molecule has 1 heterocycles. The van der Waals surface area contributed by atoms with E-state index in [0.29, 0.717) is 29.4 Å². The summed E-state index contributed by atoms with van der Waals surface area (Å²) in [5.74, 6) is 1.18. The van der Waals surface area contributed by atoms with Gasteiger partial charge in [0.1, 0.15) is 17.4 Å². The molecule has 5 rings (SSSR count). The van der Waals surface area contributed by atoms with E-state index in [-0.39, 0.29) is 11.3 Å². The van der Waals surface area contributed by atoms with Crippen LogP contribution < -0.4 is 10.1 Å². The summed E-state index contributed by atoms with van der Waals surface area (Å²) < 4.78 is 6.80. The number of halogens is 1. The molecule has 1 amide bonds. The third-order valence-corrected chi connectivity index (χ3v) is 9.28. The molecule has 41 heavy (non-hydrogen) atoms. The number of anilines is 1. The number of hydrogen-bond donors (Lipinski definition) is 1. The Labute approximate surface area is 254 Å². The Morgan fingerprint density at radius 2 is 1.90 bits per heavy atom. The molecule has 1 atom stereocenters. The minimum Gasteiger partial charge on any atom is -0.488 e. The van der Waals surface area contributed by atoms with Crippen LogP contribution in [0.3, 0.4) is 0 Å². The average Bonchev–Trinajstić information content (AvgIpc) is 3.34. The van der Waals surface area contributed by atoms with E-state index in [1.807, 2.05) is 66.9 Å². The number of amides is 1. The first-order chi connectivity index (χ1) is 19.7. The van der Waals surface area contributed by atoms with Crippen molar-refractivity contribution in [1.29, 1.82) is 5.26 Å². The van der Waals surface area contributed by atoms with Crippen molar-refractivity contribution in [1.82, 2.24) is 0 Å². The number of thiophene rings is 1. The summed E-state index contributed by atoms with van der Waals surface area (Å²) in [6, 6.07) is 24.9. The summed E-state index contributed by atoms with van der Waals surface area (Å²) in [4.78, 5) is 19.7. The third-order valence-electron chi connectivity index (χ3n) is 7.49. The Hall–Kier alpha value is -3.73. The lowest BCUT2D eigenvalue weighted by atomic mass is 9.72. The molecule has 0 unspecified atom stereocenters. The molecular formula is C34H32BrN3O2S. The molecule has 0 bridgehead atoms. The smallest absolute Gasteiger partial charge is 0.259 e. The number of aliphatic imine (C=N–C) groups is 1. The monoisotopic (exact) mass is 625 g/mol. The minimum absolute atomic E-state index is 0.109. The highest BCUT2D eigenvalue weighted by Gasteiger charge is 2.33. The molecule has 5 nitrogen and oxygen atoms in total. The molecule has 1 aromatic heterocycles. The number of hydrogen-bond acceptors (Lipinski definition) is 5. The van der Waals surface area contributed by atoms with E-state index < -0.39 is 0 Å². The number of benzene rings is 3. The van der Waals surface area contributed by atoms with Crippen LogP contribution in [0.1, 0.15) is 64.7 Å². The minimum atomic E-state index is -0.109. The molecule has 0 spiro atoms. The molecular weight excluding hydrogens is 594 g/mol. The van der Waals surface area contributed by atoms with Crippen LogP contribution in [0, 0.1) is 22.7 Å². The molecule has 208 valence electrons. The van der Waals surface area contributed by atoms with Crippen molar-refractivity contribution in [2.75, 3.05) is 5.32 Å². The maximum atomic E-state index is 13.6. The second-order valence-electron chi connectivity index (χ2n) is 11.4. The average molecular weight is 627 g/mol. The van der Waals surface area contributed by atoms with Crippen LogP contribution in [0.2, 0.25) is 0 Å². The molecule has 3 aromatic carbocycles. The lowest BCUT2D eigenvalue weighted by molar-refractivity contribution is 0.102. The van der Waals surface area contributed by atoms with Crippen LogP contribution in [0.15, 0.2) is 82.3 Å². The normalized spacial score (nSPS) is 14.9. The predicted octanol–water partition coefficient (Wildman–Crippen LogP) is 9.12. The summed E-state index contributed by atoms with van der Waals surface area (Å²) in [6.45, 7) is 7.30. The van der Waals surface area contributed by atoms with Gasteiger partial charge in [-0.3, -0.25) is 4.79 Å². The number of ether oxygens (including phenoxy) is 1. The largest absolute Gasteiger partial charge is 0.488 e. The molecule has 0 saturated carbocycles. The van der Waals surface area contributed by atoms with Gasteiger partial charge in [-0.15, -0.1) is 11.3 Å². The number of carbonyl (C=O) groups excluding carboxylic acids is 1. The standard InChI is InChI=1S/C34H32BrN3O2S/c1-34(2,3)25-14-15-27-30(18-25)41-33(31(27)32(39)38-26-7-5-4-6-8-26)37-20-24-13-16-29(28(35)17-24)40-21-23-11-9-22(19-36)10-12-23/h4-13,16-17,20,25H,14-15,18,21H2,1-3H3,(H,38,39)/t25-/m0/s1. The maximum absolute atomic E-state index is 13.6. The van der Waals surface area contributed by atoms with Crippen molar-refractivity contribution in [2.24, 2.45) is 16.3 Å². The highest BCUT2D eigenvalue weighted by molar-refractivity contribution is 9.10.